The first-order chi connectivity index (χ1) is 20.7. The van der Waals surface area contributed by atoms with Crippen LogP contribution in [0.4, 0.5) is 29.3 Å². The van der Waals surface area contributed by atoms with E-state index in [4.69, 9.17) is 26.8 Å². The van der Waals surface area contributed by atoms with E-state index in [2.05, 4.69) is 15.3 Å². The third-order valence-electron chi connectivity index (χ3n) is 7.90. The number of hydrogen-bond acceptors (Lipinski definition) is 8. The van der Waals surface area contributed by atoms with E-state index in [9.17, 15) is 27.5 Å². The van der Waals surface area contributed by atoms with Crippen molar-refractivity contribution in [2.24, 2.45) is 5.41 Å². The van der Waals surface area contributed by atoms with Gasteiger partial charge < -0.3 is 30.5 Å². The minimum Gasteiger partial charge on any atom is -0.491 e. The lowest BCUT2D eigenvalue weighted by Crippen LogP contribution is -2.41. The van der Waals surface area contributed by atoms with Crippen LogP contribution < -0.4 is 25.4 Å². The zero-order chi connectivity index (χ0) is 31.8. The monoisotopic (exact) mass is 637 g/mol. The van der Waals surface area contributed by atoms with Gasteiger partial charge in [-0.3, -0.25) is 4.79 Å². The van der Waals surface area contributed by atoms with Crippen molar-refractivity contribution in [2.45, 2.75) is 57.5 Å². The maximum atomic E-state index is 14.6. The summed E-state index contributed by atoms with van der Waals surface area (Å²) in [7, 11) is 0. The highest BCUT2D eigenvalue weighted by Crippen LogP contribution is 2.44. The average molecular weight is 638 g/mol. The van der Waals surface area contributed by atoms with E-state index < -0.39 is 36.0 Å². The molecule has 0 radical (unpaired) electrons. The Bertz CT molecular complexity index is 1530. The fourth-order valence-corrected chi connectivity index (χ4v) is 6.00. The third-order valence-corrected chi connectivity index (χ3v) is 8.14. The number of benzene rings is 2. The van der Waals surface area contributed by atoms with Crippen molar-refractivity contribution >= 4 is 29.3 Å². The Morgan fingerprint density at radius 1 is 1.14 bits per heavy atom. The fraction of sp³-hybridized carbons (Fsp3) is 0.433. The molecule has 3 aromatic rings. The summed E-state index contributed by atoms with van der Waals surface area (Å²) >= 11 is 6.18. The molecule has 44 heavy (non-hydrogen) atoms. The zero-order valence-electron chi connectivity index (χ0n) is 24.0. The van der Waals surface area contributed by atoms with Gasteiger partial charge in [0.15, 0.2) is 0 Å². The van der Waals surface area contributed by atoms with Gasteiger partial charge in [0.2, 0.25) is 17.9 Å². The maximum Gasteiger partial charge on any atom is 0.429 e. The lowest BCUT2D eigenvalue weighted by molar-refractivity contribution is -0.198. The van der Waals surface area contributed by atoms with Gasteiger partial charge in [0, 0.05) is 42.4 Å². The number of alkyl halides is 3. The molecule has 2 atom stereocenters. The molecule has 5 rings (SSSR count). The van der Waals surface area contributed by atoms with E-state index in [0.717, 1.165) is 12.1 Å². The van der Waals surface area contributed by atoms with Gasteiger partial charge in [0.05, 0.1) is 6.10 Å². The second kappa shape index (κ2) is 12.3. The molecular weight excluding hydrogens is 606 g/mol. The molecular formula is C30H32ClF4N5O4. The fourth-order valence-electron chi connectivity index (χ4n) is 5.83. The smallest absolute Gasteiger partial charge is 0.429 e. The molecule has 0 unspecified atom stereocenters. The van der Waals surface area contributed by atoms with Crippen LogP contribution in [0.3, 0.4) is 0 Å². The Hall–Kier alpha value is -3.84. The standard InChI is InChI=1S/C30H32ClF4N5O4/c1-16(2)43-20-10-17(9-19(32)12-20)22-11-18(31)3-4-21(22)26(30(33,34)35)44-25-13-24(38-28(36)39-25)40-7-5-29(6-8-40)14-23(27(41)42)37-15-29/h3-4,9-13,16,23,26,37H,5-8,14-15H2,1-2H3,(H,41,42)(H2,36,38,39)/t23-,26+/m0/s1. The van der Waals surface area contributed by atoms with Crippen molar-refractivity contribution in [1.29, 1.82) is 0 Å². The minimum atomic E-state index is -4.92. The molecule has 3 heterocycles. The number of piperidine rings is 1. The van der Waals surface area contributed by atoms with E-state index >= 15 is 0 Å². The summed E-state index contributed by atoms with van der Waals surface area (Å²) in [6.45, 7) is 5.05. The van der Waals surface area contributed by atoms with Crippen LogP contribution in [0.2, 0.25) is 5.02 Å². The van der Waals surface area contributed by atoms with Gasteiger partial charge >= 0.3 is 12.1 Å². The van der Waals surface area contributed by atoms with Gasteiger partial charge in [-0.15, -0.1) is 0 Å². The number of nitrogens with two attached hydrogens (primary N) is 1. The first-order valence-electron chi connectivity index (χ1n) is 14.1. The molecule has 1 spiro atoms. The summed E-state index contributed by atoms with van der Waals surface area (Å²) in [5.74, 6) is -1.82. The first-order valence-corrected chi connectivity index (χ1v) is 14.5. The number of carboxylic acid groups (broad SMARTS) is 1. The molecule has 2 aliphatic rings. The molecule has 0 amide bonds. The zero-order valence-corrected chi connectivity index (χ0v) is 24.8. The molecule has 14 heteroatoms. The van der Waals surface area contributed by atoms with Gasteiger partial charge in [-0.2, -0.15) is 23.1 Å². The second-order valence-electron chi connectivity index (χ2n) is 11.5. The summed E-state index contributed by atoms with van der Waals surface area (Å²) in [6, 6.07) is 8.16. The number of aliphatic carboxylic acids is 1. The van der Waals surface area contributed by atoms with Crippen LogP contribution in [0.25, 0.3) is 11.1 Å². The normalized spacial score (nSPS) is 18.9. The number of carbonyl (C=O) groups is 1. The lowest BCUT2D eigenvalue weighted by Gasteiger charge is -2.39. The first kappa shape index (κ1) is 31.6. The van der Waals surface area contributed by atoms with Crippen LogP contribution in [0.15, 0.2) is 42.5 Å². The summed E-state index contributed by atoms with van der Waals surface area (Å²) in [6.07, 6.45) is -5.89. The molecule has 2 aromatic carbocycles. The summed E-state index contributed by atoms with van der Waals surface area (Å²) in [4.78, 5) is 21.4. The molecule has 9 nitrogen and oxygen atoms in total. The molecule has 236 valence electrons. The van der Waals surface area contributed by atoms with Crippen LogP contribution in [-0.2, 0) is 4.79 Å². The van der Waals surface area contributed by atoms with Crippen LogP contribution >= 0.6 is 11.6 Å². The van der Waals surface area contributed by atoms with Crippen molar-refractivity contribution in [3.05, 3.63) is 58.9 Å². The van der Waals surface area contributed by atoms with Gasteiger partial charge in [0.1, 0.15) is 23.4 Å². The SMILES string of the molecule is CC(C)Oc1cc(F)cc(-c2cc(Cl)ccc2[C@@H](Oc2cc(N3CCC4(CC3)CN[C@H](C(=O)O)C4)nc(N)n2)C(F)(F)F)c1. The molecule has 1 aromatic heterocycles. The maximum absolute atomic E-state index is 14.6. The molecule has 2 saturated heterocycles. The largest absolute Gasteiger partial charge is 0.491 e. The number of hydrogen-bond donors (Lipinski definition) is 3. The van der Waals surface area contributed by atoms with E-state index in [1.807, 2.05) is 4.90 Å². The molecule has 0 bridgehead atoms. The van der Waals surface area contributed by atoms with Crippen molar-refractivity contribution in [3.8, 4) is 22.8 Å². The number of nitrogens with one attached hydrogen (secondary N) is 1. The Labute approximate surface area is 256 Å². The van der Waals surface area contributed by atoms with Gasteiger partial charge in [0.25, 0.3) is 0 Å². The quantitative estimate of drug-likeness (QED) is 0.254. The van der Waals surface area contributed by atoms with Crippen molar-refractivity contribution in [1.82, 2.24) is 15.3 Å². The molecule has 4 N–H and O–H groups in total. The summed E-state index contributed by atoms with van der Waals surface area (Å²) < 4.78 is 69.6. The van der Waals surface area contributed by atoms with Crippen molar-refractivity contribution in [2.75, 3.05) is 30.3 Å². The Morgan fingerprint density at radius 3 is 2.50 bits per heavy atom. The number of halogens is 5. The van der Waals surface area contributed by atoms with Crippen LogP contribution in [0, 0.1) is 11.2 Å². The molecule has 0 saturated carbocycles. The van der Waals surface area contributed by atoms with E-state index in [0.29, 0.717) is 44.7 Å². The van der Waals surface area contributed by atoms with Crippen LogP contribution in [-0.4, -0.2) is 59.0 Å². The minimum absolute atomic E-state index is 0.00125. The summed E-state index contributed by atoms with van der Waals surface area (Å²) in [5, 5.41) is 12.5. The van der Waals surface area contributed by atoms with E-state index in [1.54, 1.807) is 13.8 Å². The number of nitrogen functional groups attached to an aromatic ring is 1. The Kier molecular flexibility index (Phi) is 8.81. The number of nitrogens with zero attached hydrogens (tertiary/aromatic N) is 3. The van der Waals surface area contributed by atoms with E-state index in [1.165, 1.54) is 30.3 Å². The van der Waals surface area contributed by atoms with Gasteiger partial charge in [-0.05, 0) is 73.9 Å². The number of aromatic nitrogens is 2. The highest BCUT2D eigenvalue weighted by atomic mass is 35.5. The van der Waals surface area contributed by atoms with Gasteiger partial charge in [-0.25, -0.2) is 4.39 Å². The van der Waals surface area contributed by atoms with E-state index in [-0.39, 0.29) is 44.9 Å². The van der Waals surface area contributed by atoms with Crippen molar-refractivity contribution < 1.29 is 36.9 Å². The highest BCUT2D eigenvalue weighted by Gasteiger charge is 2.46. The number of ether oxygens (including phenoxy) is 2. The third kappa shape index (κ3) is 7.10. The van der Waals surface area contributed by atoms with Crippen molar-refractivity contribution in [3.63, 3.8) is 0 Å². The lowest BCUT2D eigenvalue weighted by atomic mass is 9.76. The van der Waals surface area contributed by atoms with Crippen LogP contribution in [0.1, 0.15) is 44.8 Å². The molecule has 2 aliphatic heterocycles. The molecule has 0 aliphatic carbocycles. The topological polar surface area (TPSA) is 123 Å². The Balaban J connectivity index is 1.44. The average Bonchev–Trinajstić information content (AvgIpc) is 3.34. The second-order valence-corrected chi connectivity index (χ2v) is 11.9. The van der Waals surface area contributed by atoms with Crippen LogP contribution in [0.5, 0.6) is 11.6 Å². The summed E-state index contributed by atoms with van der Waals surface area (Å²) in [5.41, 5.74) is 5.54. The van der Waals surface area contributed by atoms with Gasteiger partial charge in [-0.1, -0.05) is 17.7 Å². The Morgan fingerprint density at radius 2 is 1.86 bits per heavy atom. The molecule has 2 fully saturated rings. The predicted octanol–water partition coefficient (Wildman–Crippen LogP) is 6.02. The number of rotatable bonds is 8. The number of carboxylic acids is 1. The number of anilines is 2. The highest BCUT2D eigenvalue weighted by molar-refractivity contribution is 6.30. The predicted molar refractivity (Wildman–Crippen MR) is 156 cm³/mol.